The van der Waals surface area contributed by atoms with Gasteiger partial charge in [-0.25, -0.2) is 17.9 Å². The largest absolute Gasteiger partial charge is 0.356 e. The lowest BCUT2D eigenvalue weighted by Gasteiger charge is -2.35. The number of anilines is 2. The Morgan fingerprint density at radius 2 is 1.92 bits per heavy atom. The Labute approximate surface area is 221 Å². The summed E-state index contributed by atoms with van der Waals surface area (Å²) >= 11 is 6.21. The van der Waals surface area contributed by atoms with Crippen LogP contribution < -0.4 is 9.62 Å². The molecule has 1 amide bonds. The van der Waals surface area contributed by atoms with Gasteiger partial charge in [0.05, 0.1) is 29.2 Å². The summed E-state index contributed by atoms with van der Waals surface area (Å²) < 4.78 is 28.1. The van der Waals surface area contributed by atoms with E-state index < -0.39 is 10.0 Å². The third-order valence-electron chi connectivity index (χ3n) is 8.16. The van der Waals surface area contributed by atoms with Gasteiger partial charge in [-0.3, -0.25) is 9.52 Å². The summed E-state index contributed by atoms with van der Waals surface area (Å²) in [6, 6.07) is 6.35. The SMILES string of the molecule is Cc1cn2nc([C@@H]3CCCCN3C(=O)c3cc(Cl)ccc3NS(C)(=O)=O)cc2nc1N1C[C@@H]2[C@@H](C)[C@@H]2C1. The van der Waals surface area contributed by atoms with Crippen LogP contribution in [0.1, 0.15) is 53.8 Å². The lowest BCUT2D eigenvalue weighted by atomic mass is 9.98. The Morgan fingerprint density at radius 1 is 1.16 bits per heavy atom. The van der Waals surface area contributed by atoms with E-state index in [-0.39, 0.29) is 23.2 Å². The monoisotopic (exact) mass is 542 g/mol. The van der Waals surface area contributed by atoms with Crippen molar-refractivity contribution in [1.82, 2.24) is 19.5 Å². The minimum Gasteiger partial charge on any atom is -0.356 e. The van der Waals surface area contributed by atoms with Gasteiger partial charge in [-0.2, -0.15) is 5.10 Å². The second-order valence-electron chi connectivity index (χ2n) is 10.8. The van der Waals surface area contributed by atoms with E-state index in [4.69, 9.17) is 21.7 Å². The van der Waals surface area contributed by atoms with Gasteiger partial charge in [-0.15, -0.1) is 0 Å². The summed E-state index contributed by atoms with van der Waals surface area (Å²) in [6.07, 6.45) is 5.69. The summed E-state index contributed by atoms with van der Waals surface area (Å²) in [5.41, 5.74) is 3.09. The van der Waals surface area contributed by atoms with Crippen molar-refractivity contribution in [2.75, 3.05) is 35.5 Å². The average Bonchev–Trinajstić information content (AvgIpc) is 3.21. The van der Waals surface area contributed by atoms with Gasteiger partial charge >= 0.3 is 0 Å². The number of sulfonamides is 1. The molecule has 9 nitrogen and oxygen atoms in total. The van der Waals surface area contributed by atoms with Crippen molar-refractivity contribution in [3.8, 4) is 0 Å². The number of aromatic nitrogens is 3. The molecule has 2 saturated heterocycles. The van der Waals surface area contributed by atoms with Crippen molar-refractivity contribution in [3.05, 3.63) is 52.3 Å². The van der Waals surface area contributed by atoms with Crippen LogP contribution >= 0.6 is 11.6 Å². The maximum Gasteiger partial charge on any atom is 0.256 e. The number of piperidine rings is 2. The number of nitrogens with one attached hydrogen (secondary N) is 1. The Bertz CT molecular complexity index is 1490. The molecule has 11 heteroatoms. The molecular formula is C26H31ClN6O3S. The van der Waals surface area contributed by atoms with Crippen LogP contribution in [0.15, 0.2) is 30.5 Å². The minimum atomic E-state index is -3.57. The van der Waals surface area contributed by atoms with Crippen molar-refractivity contribution in [2.24, 2.45) is 17.8 Å². The molecule has 0 spiro atoms. The molecule has 0 unspecified atom stereocenters. The number of carbonyl (C=O) groups is 1. The average molecular weight is 543 g/mol. The molecule has 196 valence electrons. The van der Waals surface area contributed by atoms with E-state index in [0.717, 1.165) is 79.1 Å². The van der Waals surface area contributed by atoms with E-state index in [2.05, 4.69) is 23.5 Å². The number of amides is 1. The van der Waals surface area contributed by atoms with Gasteiger partial charge in [0, 0.05) is 42.5 Å². The van der Waals surface area contributed by atoms with Crippen molar-refractivity contribution in [3.63, 3.8) is 0 Å². The third-order valence-corrected chi connectivity index (χ3v) is 8.98. The number of carbonyl (C=O) groups excluding carboxylic acids is 1. The molecule has 6 rings (SSSR count). The van der Waals surface area contributed by atoms with Crippen LogP contribution in [0, 0.1) is 24.7 Å². The summed E-state index contributed by atoms with van der Waals surface area (Å²) in [6.45, 7) is 7.08. The molecule has 1 aliphatic carbocycles. The summed E-state index contributed by atoms with van der Waals surface area (Å²) in [5.74, 6) is 3.14. The molecule has 4 heterocycles. The fraction of sp³-hybridized carbons (Fsp3) is 0.500. The van der Waals surface area contributed by atoms with Gasteiger partial charge in [0.25, 0.3) is 5.91 Å². The van der Waals surface area contributed by atoms with Crippen molar-refractivity contribution < 1.29 is 13.2 Å². The highest BCUT2D eigenvalue weighted by Crippen LogP contribution is 2.52. The van der Waals surface area contributed by atoms with Gasteiger partial charge in [0.2, 0.25) is 10.0 Å². The first-order chi connectivity index (χ1) is 17.6. The van der Waals surface area contributed by atoms with E-state index in [1.54, 1.807) is 15.5 Å². The molecule has 0 radical (unpaired) electrons. The van der Waals surface area contributed by atoms with E-state index >= 15 is 0 Å². The topological polar surface area (TPSA) is 99.9 Å². The van der Waals surface area contributed by atoms with E-state index in [1.165, 1.54) is 12.1 Å². The lowest BCUT2D eigenvalue weighted by Crippen LogP contribution is -2.39. The van der Waals surface area contributed by atoms with Gasteiger partial charge in [-0.1, -0.05) is 18.5 Å². The van der Waals surface area contributed by atoms with Crippen LogP contribution in [-0.2, 0) is 10.0 Å². The smallest absolute Gasteiger partial charge is 0.256 e. The molecule has 2 aromatic heterocycles. The number of halogens is 1. The van der Waals surface area contributed by atoms with E-state index in [9.17, 15) is 13.2 Å². The Kier molecular flexibility index (Phi) is 5.87. The maximum atomic E-state index is 13.8. The van der Waals surface area contributed by atoms with Crippen LogP contribution in [0.3, 0.4) is 0 Å². The normalized spacial score (nSPS) is 25.4. The number of hydrogen-bond acceptors (Lipinski definition) is 6. The molecule has 1 saturated carbocycles. The zero-order valence-electron chi connectivity index (χ0n) is 21.2. The molecule has 4 atom stereocenters. The number of nitrogens with zero attached hydrogens (tertiary/aromatic N) is 5. The van der Waals surface area contributed by atoms with Crippen molar-refractivity contribution >= 4 is 44.7 Å². The first kappa shape index (κ1) is 24.5. The lowest BCUT2D eigenvalue weighted by molar-refractivity contribution is 0.0607. The fourth-order valence-electron chi connectivity index (χ4n) is 6.12. The molecule has 1 aromatic carbocycles. The molecule has 37 heavy (non-hydrogen) atoms. The first-order valence-corrected chi connectivity index (χ1v) is 15.1. The Morgan fingerprint density at radius 3 is 2.65 bits per heavy atom. The van der Waals surface area contributed by atoms with Crippen molar-refractivity contribution in [2.45, 2.75) is 39.2 Å². The predicted molar refractivity (Wildman–Crippen MR) is 144 cm³/mol. The fourth-order valence-corrected chi connectivity index (χ4v) is 6.87. The van der Waals surface area contributed by atoms with Gasteiger partial charge in [-0.05, 0) is 62.1 Å². The number of hydrogen-bond donors (Lipinski definition) is 1. The second kappa shape index (κ2) is 8.87. The third kappa shape index (κ3) is 4.54. The zero-order valence-corrected chi connectivity index (χ0v) is 22.8. The maximum absolute atomic E-state index is 13.8. The highest BCUT2D eigenvalue weighted by Gasteiger charge is 2.53. The molecule has 0 bridgehead atoms. The number of benzene rings is 1. The second-order valence-corrected chi connectivity index (χ2v) is 13.0. The van der Waals surface area contributed by atoms with Gasteiger partial charge in [0.15, 0.2) is 5.65 Å². The highest BCUT2D eigenvalue weighted by molar-refractivity contribution is 7.92. The molecular weight excluding hydrogens is 512 g/mol. The Hall–Kier alpha value is -2.85. The molecule has 1 N–H and O–H groups in total. The Balaban J connectivity index is 1.32. The quantitative estimate of drug-likeness (QED) is 0.520. The van der Waals surface area contributed by atoms with Gasteiger partial charge in [0.1, 0.15) is 5.82 Å². The van der Waals surface area contributed by atoms with E-state index in [0.29, 0.717) is 11.6 Å². The van der Waals surface area contributed by atoms with Crippen LogP contribution in [-0.4, -0.2) is 59.7 Å². The van der Waals surface area contributed by atoms with Gasteiger partial charge < -0.3 is 9.80 Å². The van der Waals surface area contributed by atoms with Crippen LogP contribution in [0.25, 0.3) is 5.65 Å². The predicted octanol–water partition coefficient (Wildman–Crippen LogP) is 4.13. The first-order valence-electron chi connectivity index (χ1n) is 12.8. The van der Waals surface area contributed by atoms with Crippen LogP contribution in [0.2, 0.25) is 5.02 Å². The van der Waals surface area contributed by atoms with Crippen molar-refractivity contribution in [1.29, 1.82) is 0 Å². The number of aryl methyl sites for hydroxylation is 1. The standard InChI is InChI=1S/C26H31ClN6O3S/c1-15-12-33-24(28-25(15)31-13-19-16(2)20(19)14-31)11-22(29-33)23-6-4-5-9-32(23)26(34)18-10-17(27)7-8-21(18)30-37(3,35)36/h7-8,10-12,16,19-20,23,30H,4-6,9,13-14H2,1-3H3/t16-,19-,20+,23-/m0/s1. The molecule has 3 aliphatic rings. The zero-order chi connectivity index (χ0) is 26.1. The molecule has 2 aliphatic heterocycles. The molecule has 3 fully saturated rings. The minimum absolute atomic E-state index is 0.219. The highest BCUT2D eigenvalue weighted by atomic mass is 35.5. The summed E-state index contributed by atoms with van der Waals surface area (Å²) in [4.78, 5) is 22.9. The molecule has 3 aromatic rings. The number of fused-ring (bicyclic) bond motifs is 2. The van der Waals surface area contributed by atoms with E-state index in [1.807, 2.05) is 12.3 Å². The van der Waals surface area contributed by atoms with Crippen LogP contribution in [0.4, 0.5) is 11.5 Å². The van der Waals surface area contributed by atoms with Crippen LogP contribution in [0.5, 0.6) is 0 Å². The number of likely N-dealkylation sites (tertiary alicyclic amines) is 1. The number of rotatable bonds is 5. The summed E-state index contributed by atoms with van der Waals surface area (Å²) in [7, 11) is -3.57. The summed E-state index contributed by atoms with van der Waals surface area (Å²) in [5, 5.41) is 5.20.